The van der Waals surface area contributed by atoms with Crippen LogP contribution in [0.2, 0.25) is 10.4 Å². The monoisotopic (exact) mass is 481 g/mol. The minimum absolute atomic E-state index is 0.0252. The van der Waals surface area contributed by atoms with Gasteiger partial charge >= 0.3 is 5.97 Å². The molecule has 2 unspecified atom stereocenters. The van der Waals surface area contributed by atoms with Gasteiger partial charge in [-0.1, -0.05) is 30.2 Å². The van der Waals surface area contributed by atoms with Gasteiger partial charge in [-0.25, -0.2) is 14.6 Å². The molecule has 0 aromatic carbocycles. The summed E-state index contributed by atoms with van der Waals surface area (Å²) in [6.07, 6.45) is 4.02. The number of ether oxygens (including phenoxy) is 3. The molecule has 5 atom stereocenters. The van der Waals surface area contributed by atoms with Crippen molar-refractivity contribution in [2.45, 2.75) is 63.7 Å². The molecule has 3 aromatic heterocycles. The van der Waals surface area contributed by atoms with Crippen LogP contribution in [-0.4, -0.2) is 65.4 Å². The van der Waals surface area contributed by atoms with Gasteiger partial charge in [-0.3, -0.25) is 9.36 Å². The first kappa shape index (κ1) is 21.5. The zero-order chi connectivity index (χ0) is 22.4. The Labute approximate surface area is 193 Å². The van der Waals surface area contributed by atoms with Gasteiger partial charge in [-0.05, 0) is 24.4 Å². The lowest BCUT2D eigenvalue weighted by atomic mass is 10.1. The molecule has 32 heavy (non-hydrogen) atoms. The summed E-state index contributed by atoms with van der Waals surface area (Å²) in [5.74, 6) is -0.450. The highest BCUT2D eigenvalue weighted by Gasteiger charge is 2.56. The van der Waals surface area contributed by atoms with Crippen molar-refractivity contribution in [1.29, 1.82) is 0 Å². The van der Waals surface area contributed by atoms with E-state index in [1.165, 1.54) is 13.3 Å². The number of rotatable bonds is 6. The van der Waals surface area contributed by atoms with E-state index in [0.29, 0.717) is 17.8 Å². The quantitative estimate of drug-likeness (QED) is 0.297. The maximum atomic E-state index is 11.9. The van der Waals surface area contributed by atoms with Gasteiger partial charge in [-0.15, -0.1) is 5.10 Å². The summed E-state index contributed by atoms with van der Waals surface area (Å²) < 4.78 is 21.4. The molecule has 0 bridgehead atoms. The second-order valence-corrected chi connectivity index (χ2v) is 8.53. The van der Waals surface area contributed by atoms with E-state index < -0.39 is 30.5 Å². The number of hydrogen-bond acceptors (Lipinski definition) is 9. The number of imidazole rings is 1. The molecule has 0 aliphatic carbocycles. The van der Waals surface area contributed by atoms with Crippen molar-refractivity contribution in [1.82, 2.24) is 34.5 Å². The molecule has 0 spiro atoms. The first-order chi connectivity index (χ1) is 15.5. The van der Waals surface area contributed by atoms with Crippen molar-refractivity contribution in [2.75, 3.05) is 6.61 Å². The van der Waals surface area contributed by atoms with E-state index in [0.717, 1.165) is 25.0 Å². The molecule has 2 saturated heterocycles. The average molecular weight is 482 g/mol. The topological polar surface area (TPSA) is 119 Å². The van der Waals surface area contributed by atoms with Gasteiger partial charge < -0.3 is 14.2 Å². The summed E-state index contributed by atoms with van der Waals surface area (Å²) in [6, 6.07) is -0.220. The molecule has 0 saturated carbocycles. The lowest BCUT2D eigenvalue weighted by Crippen LogP contribution is -2.35. The lowest BCUT2D eigenvalue weighted by molar-refractivity contribution is -0.158. The second-order valence-electron chi connectivity index (χ2n) is 7.83. The number of fused-ring (bicyclic) bond motifs is 2. The lowest BCUT2D eigenvalue weighted by Gasteiger charge is -2.23. The van der Waals surface area contributed by atoms with Crippen LogP contribution in [0.15, 0.2) is 12.5 Å². The summed E-state index contributed by atoms with van der Waals surface area (Å²) in [5, 5.41) is 8.64. The van der Waals surface area contributed by atoms with E-state index in [4.69, 9.17) is 37.4 Å². The van der Waals surface area contributed by atoms with Gasteiger partial charge in [-0.2, -0.15) is 4.98 Å². The Balaban J connectivity index is 1.47. The molecule has 0 amide bonds. The van der Waals surface area contributed by atoms with E-state index in [1.54, 1.807) is 9.25 Å². The smallest absolute Gasteiger partial charge is 0.303 e. The SMILES string of the molecule is CCCCc1cn([C@H]2COC3C2O[C@@H](n2cnc4c(Cl)nc(Cl)nc42)[C@@H]3OC(C)=O)nn1. The molecule has 2 aliphatic rings. The number of esters is 1. The van der Waals surface area contributed by atoms with Gasteiger partial charge in [0.25, 0.3) is 0 Å². The Kier molecular flexibility index (Phi) is 5.74. The minimum Gasteiger partial charge on any atom is -0.455 e. The van der Waals surface area contributed by atoms with Gasteiger partial charge in [0.15, 0.2) is 23.1 Å². The van der Waals surface area contributed by atoms with Crippen molar-refractivity contribution >= 4 is 40.3 Å². The van der Waals surface area contributed by atoms with Gasteiger partial charge in [0.1, 0.15) is 23.8 Å². The number of nitrogens with zero attached hydrogens (tertiary/aromatic N) is 7. The Morgan fingerprint density at radius 2 is 2.16 bits per heavy atom. The molecule has 2 aliphatic heterocycles. The number of carbonyl (C=O) groups is 1. The minimum atomic E-state index is -0.744. The van der Waals surface area contributed by atoms with Crippen LogP contribution < -0.4 is 0 Å². The van der Waals surface area contributed by atoms with Crippen molar-refractivity contribution in [3.05, 3.63) is 28.7 Å². The molecule has 3 aromatic rings. The molecule has 5 heterocycles. The third kappa shape index (κ3) is 3.72. The predicted octanol–water partition coefficient (Wildman–Crippen LogP) is 2.54. The first-order valence-corrected chi connectivity index (χ1v) is 11.1. The van der Waals surface area contributed by atoms with E-state index in [9.17, 15) is 4.79 Å². The van der Waals surface area contributed by atoms with E-state index in [-0.39, 0.29) is 16.5 Å². The van der Waals surface area contributed by atoms with E-state index >= 15 is 0 Å². The largest absolute Gasteiger partial charge is 0.455 e. The van der Waals surface area contributed by atoms with Gasteiger partial charge in [0.2, 0.25) is 5.28 Å². The summed E-state index contributed by atoms with van der Waals surface area (Å²) in [7, 11) is 0. The zero-order valence-electron chi connectivity index (χ0n) is 17.4. The molecule has 13 heteroatoms. The highest BCUT2D eigenvalue weighted by molar-refractivity contribution is 6.35. The average Bonchev–Trinajstić information content (AvgIpc) is 3.50. The fourth-order valence-corrected chi connectivity index (χ4v) is 4.65. The molecular weight excluding hydrogens is 461 g/mol. The van der Waals surface area contributed by atoms with Crippen molar-refractivity contribution in [2.24, 2.45) is 0 Å². The van der Waals surface area contributed by atoms with Crippen LogP contribution in [0.3, 0.4) is 0 Å². The van der Waals surface area contributed by atoms with Crippen LogP contribution in [0.4, 0.5) is 0 Å². The van der Waals surface area contributed by atoms with Crippen molar-refractivity contribution in [3.63, 3.8) is 0 Å². The first-order valence-electron chi connectivity index (χ1n) is 10.4. The molecule has 170 valence electrons. The zero-order valence-corrected chi connectivity index (χ0v) is 18.9. The summed E-state index contributed by atoms with van der Waals surface area (Å²) in [6.45, 7) is 3.84. The molecule has 11 nitrogen and oxygen atoms in total. The van der Waals surface area contributed by atoms with Crippen LogP contribution in [0.25, 0.3) is 11.2 Å². The summed E-state index contributed by atoms with van der Waals surface area (Å²) in [5.41, 5.74) is 1.66. The van der Waals surface area contributed by atoms with Crippen LogP contribution in [0.1, 0.15) is 44.7 Å². The maximum absolute atomic E-state index is 11.9. The molecule has 2 fully saturated rings. The fraction of sp³-hybridized carbons (Fsp3) is 0.579. The van der Waals surface area contributed by atoms with E-state index in [2.05, 4.69) is 32.2 Å². The molecular formula is C19H21Cl2N7O4. The number of halogens is 2. The summed E-state index contributed by atoms with van der Waals surface area (Å²) in [4.78, 5) is 24.3. The Bertz CT molecular complexity index is 1150. The standard InChI is InChI=1S/C19H21Cl2N7O4/c1-3-4-5-10-6-28(26-25-10)11-7-30-14-13(11)32-18(15(14)31-9(2)29)27-8-22-12-16(20)23-19(21)24-17(12)27/h6,8,11,13-15,18H,3-5,7H2,1-2H3/t11-,13?,14?,15+,18+/m0/s1. The highest BCUT2D eigenvalue weighted by Crippen LogP contribution is 2.43. The van der Waals surface area contributed by atoms with Crippen molar-refractivity contribution < 1.29 is 19.0 Å². The molecule has 0 N–H and O–H groups in total. The Morgan fingerprint density at radius 1 is 1.31 bits per heavy atom. The number of unbranched alkanes of at least 4 members (excludes halogenated alkanes) is 1. The van der Waals surface area contributed by atoms with Crippen LogP contribution in [-0.2, 0) is 25.4 Å². The summed E-state index contributed by atoms with van der Waals surface area (Å²) >= 11 is 12.2. The third-order valence-corrected chi connectivity index (χ3v) is 6.11. The van der Waals surface area contributed by atoms with Crippen molar-refractivity contribution in [3.8, 4) is 0 Å². The fourth-order valence-electron chi connectivity index (χ4n) is 4.23. The number of aryl methyl sites for hydroxylation is 1. The molecule has 0 radical (unpaired) electrons. The van der Waals surface area contributed by atoms with Gasteiger partial charge in [0, 0.05) is 13.1 Å². The number of aromatic nitrogens is 7. The maximum Gasteiger partial charge on any atom is 0.303 e. The predicted molar refractivity (Wildman–Crippen MR) is 112 cm³/mol. The normalized spacial score (nSPS) is 27.2. The van der Waals surface area contributed by atoms with Crippen LogP contribution in [0, 0.1) is 0 Å². The van der Waals surface area contributed by atoms with Gasteiger partial charge in [0.05, 0.1) is 18.6 Å². The van der Waals surface area contributed by atoms with Crippen LogP contribution in [0.5, 0.6) is 0 Å². The Hall–Kier alpha value is -2.34. The highest BCUT2D eigenvalue weighted by atomic mass is 35.5. The molecule has 5 rings (SSSR count). The third-order valence-electron chi connectivity index (χ3n) is 5.68. The van der Waals surface area contributed by atoms with E-state index in [1.807, 2.05) is 6.20 Å². The number of hydrogen-bond donors (Lipinski definition) is 0. The van der Waals surface area contributed by atoms with Crippen LogP contribution >= 0.6 is 23.2 Å². The Morgan fingerprint density at radius 3 is 2.94 bits per heavy atom. The number of carbonyl (C=O) groups excluding carboxylic acids is 1. The second kappa shape index (κ2) is 8.54.